The van der Waals surface area contributed by atoms with Crippen LogP contribution >= 0.6 is 11.8 Å². The fourth-order valence-electron chi connectivity index (χ4n) is 2.46. The van der Waals surface area contributed by atoms with Crippen LogP contribution in [-0.4, -0.2) is 31.3 Å². The molecule has 1 aliphatic rings. The summed E-state index contributed by atoms with van der Waals surface area (Å²) in [6, 6.07) is 9.32. The van der Waals surface area contributed by atoms with E-state index in [2.05, 4.69) is 36.5 Å². The molecule has 1 aromatic carbocycles. The van der Waals surface area contributed by atoms with Crippen LogP contribution in [0.1, 0.15) is 24.1 Å². The molecule has 0 saturated carbocycles. The van der Waals surface area contributed by atoms with Crippen molar-refractivity contribution in [2.45, 2.75) is 24.6 Å². The number of hydrogen-bond acceptors (Lipinski definition) is 3. The summed E-state index contributed by atoms with van der Waals surface area (Å²) < 4.78 is 5.13. The van der Waals surface area contributed by atoms with E-state index in [9.17, 15) is 0 Å². The molecule has 0 aliphatic heterocycles. The maximum absolute atomic E-state index is 5.13. The molecule has 0 radical (unpaired) electrons. The van der Waals surface area contributed by atoms with Gasteiger partial charge in [-0.05, 0) is 24.1 Å². The number of benzene rings is 1. The molecule has 3 heteroatoms. The summed E-state index contributed by atoms with van der Waals surface area (Å²) in [7, 11) is 1.77. The van der Waals surface area contributed by atoms with E-state index in [1.807, 2.05) is 11.8 Å². The smallest absolute Gasteiger partial charge is 0.0553 e. The summed E-state index contributed by atoms with van der Waals surface area (Å²) in [5.41, 5.74) is 3.00. The molecule has 0 saturated heterocycles. The fraction of sp³-hybridized carbons (Fsp3) is 0.571. The van der Waals surface area contributed by atoms with Gasteiger partial charge in [-0.2, -0.15) is 11.8 Å². The highest BCUT2D eigenvalue weighted by molar-refractivity contribution is 8.00. The first-order valence-corrected chi connectivity index (χ1v) is 7.33. The fourth-order valence-corrected chi connectivity index (χ4v) is 3.76. The summed E-state index contributed by atoms with van der Waals surface area (Å²) in [6.07, 6.45) is 1.18. The van der Waals surface area contributed by atoms with E-state index in [1.165, 1.54) is 17.5 Å². The van der Waals surface area contributed by atoms with E-state index < -0.39 is 0 Å². The van der Waals surface area contributed by atoms with Crippen molar-refractivity contribution in [3.63, 3.8) is 0 Å². The molecule has 17 heavy (non-hydrogen) atoms. The van der Waals surface area contributed by atoms with Crippen LogP contribution in [0.3, 0.4) is 0 Å². The molecule has 0 fully saturated rings. The molecule has 2 atom stereocenters. The normalized spacial score (nSPS) is 22.7. The predicted octanol–water partition coefficient (Wildman–Crippen LogP) is 2.64. The lowest BCUT2D eigenvalue weighted by atomic mass is 10.1. The van der Waals surface area contributed by atoms with E-state index in [1.54, 1.807) is 7.11 Å². The van der Waals surface area contributed by atoms with Gasteiger partial charge < -0.3 is 10.1 Å². The highest BCUT2D eigenvalue weighted by Crippen LogP contribution is 2.38. The Morgan fingerprint density at radius 3 is 3.00 bits per heavy atom. The molecular formula is C14H21NOS. The van der Waals surface area contributed by atoms with E-state index >= 15 is 0 Å². The second kappa shape index (κ2) is 6.43. The van der Waals surface area contributed by atoms with Crippen molar-refractivity contribution in [1.82, 2.24) is 5.32 Å². The molecule has 1 N–H and O–H groups in total. The first kappa shape index (κ1) is 12.9. The van der Waals surface area contributed by atoms with Crippen LogP contribution < -0.4 is 5.32 Å². The third-order valence-electron chi connectivity index (χ3n) is 3.23. The minimum absolute atomic E-state index is 0.512. The standard InChI is InChI=1S/C14H21NOS/c1-3-15-14-12-7-5-4-6-11(12)10-13(14)17-9-8-16-2/h4-7,13-15H,3,8-10H2,1-2H3. The lowest BCUT2D eigenvalue weighted by Gasteiger charge is -2.20. The first-order valence-electron chi connectivity index (χ1n) is 6.28. The lowest BCUT2D eigenvalue weighted by Crippen LogP contribution is -2.27. The van der Waals surface area contributed by atoms with Gasteiger partial charge in [0.2, 0.25) is 0 Å². The summed E-state index contributed by atoms with van der Waals surface area (Å²) in [5, 5.41) is 4.27. The summed E-state index contributed by atoms with van der Waals surface area (Å²) in [5.74, 6) is 1.08. The monoisotopic (exact) mass is 251 g/mol. The third-order valence-corrected chi connectivity index (χ3v) is 4.50. The van der Waals surface area contributed by atoms with E-state index in [0.29, 0.717) is 11.3 Å². The van der Waals surface area contributed by atoms with Crippen molar-refractivity contribution in [3.05, 3.63) is 35.4 Å². The topological polar surface area (TPSA) is 21.3 Å². The minimum atomic E-state index is 0.512. The Morgan fingerprint density at radius 2 is 2.24 bits per heavy atom. The number of fused-ring (bicyclic) bond motifs is 1. The Kier molecular flexibility index (Phi) is 4.89. The lowest BCUT2D eigenvalue weighted by molar-refractivity contribution is 0.218. The van der Waals surface area contributed by atoms with Gasteiger partial charge in [0.25, 0.3) is 0 Å². The van der Waals surface area contributed by atoms with Crippen LogP contribution in [0.25, 0.3) is 0 Å². The largest absolute Gasteiger partial charge is 0.384 e. The SMILES string of the molecule is CCNC1c2ccccc2CC1SCCOC. The Morgan fingerprint density at radius 1 is 1.41 bits per heavy atom. The van der Waals surface area contributed by atoms with Crippen LogP contribution in [0.5, 0.6) is 0 Å². The van der Waals surface area contributed by atoms with Gasteiger partial charge in [0, 0.05) is 24.2 Å². The zero-order chi connectivity index (χ0) is 12.1. The van der Waals surface area contributed by atoms with E-state index in [4.69, 9.17) is 4.74 Å². The summed E-state index contributed by atoms with van der Waals surface area (Å²) in [6.45, 7) is 4.05. The quantitative estimate of drug-likeness (QED) is 0.785. The molecule has 2 nitrogen and oxygen atoms in total. The Labute approximate surface area is 108 Å². The van der Waals surface area contributed by atoms with Crippen molar-refractivity contribution in [3.8, 4) is 0 Å². The maximum Gasteiger partial charge on any atom is 0.0553 e. The van der Waals surface area contributed by atoms with E-state index in [-0.39, 0.29) is 0 Å². The second-order valence-electron chi connectivity index (χ2n) is 4.34. The molecule has 2 unspecified atom stereocenters. The van der Waals surface area contributed by atoms with Gasteiger partial charge in [0.05, 0.1) is 6.61 Å². The van der Waals surface area contributed by atoms with Gasteiger partial charge in [-0.15, -0.1) is 0 Å². The van der Waals surface area contributed by atoms with Crippen LogP contribution in [0.4, 0.5) is 0 Å². The number of methoxy groups -OCH3 is 1. The molecule has 1 aliphatic carbocycles. The molecule has 0 spiro atoms. The number of rotatable bonds is 6. The molecule has 0 bridgehead atoms. The first-order chi connectivity index (χ1) is 8.36. The van der Waals surface area contributed by atoms with Crippen molar-refractivity contribution >= 4 is 11.8 Å². The summed E-state index contributed by atoms with van der Waals surface area (Å²) in [4.78, 5) is 0. The van der Waals surface area contributed by atoms with Gasteiger partial charge >= 0.3 is 0 Å². The van der Waals surface area contributed by atoms with Gasteiger partial charge in [-0.25, -0.2) is 0 Å². The van der Waals surface area contributed by atoms with Gasteiger partial charge in [0.1, 0.15) is 0 Å². The number of hydrogen-bond donors (Lipinski definition) is 1. The number of thioether (sulfide) groups is 1. The van der Waals surface area contributed by atoms with Crippen LogP contribution in [0.2, 0.25) is 0 Å². The van der Waals surface area contributed by atoms with Gasteiger partial charge in [0.15, 0.2) is 0 Å². The summed E-state index contributed by atoms with van der Waals surface area (Å²) >= 11 is 2.03. The minimum Gasteiger partial charge on any atom is -0.384 e. The van der Waals surface area contributed by atoms with E-state index in [0.717, 1.165) is 18.9 Å². The second-order valence-corrected chi connectivity index (χ2v) is 5.69. The number of nitrogens with one attached hydrogen (secondary N) is 1. The predicted molar refractivity (Wildman–Crippen MR) is 74.7 cm³/mol. The van der Waals surface area contributed by atoms with Crippen molar-refractivity contribution in [2.24, 2.45) is 0 Å². The van der Waals surface area contributed by atoms with Crippen molar-refractivity contribution < 1.29 is 4.74 Å². The molecule has 2 rings (SSSR count). The average Bonchev–Trinajstić information content (AvgIpc) is 2.69. The molecule has 1 aromatic rings. The highest BCUT2D eigenvalue weighted by Gasteiger charge is 2.31. The zero-order valence-electron chi connectivity index (χ0n) is 10.6. The Bertz CT molecular complexity index is 356. The maximum atomic E-state index is 5.13. The Hall–Kier alpha value is -0.510. The van der Waals surface area contributed by atoms with Crippen LogP contribution in [0, 0.1) is 0 Å². The zero-order valence-corrected chi connectivity index (χ0v) is 11.4. The third kappa shape index (κ3) is 3.03. The number of ether oxygens (including phenoxy) is 1. The average molecular weight is 251 g/mol. The molecular weight excluding hydrogens is 230 g/mol. The molecule has 94 valence electrons. The molecule has 0 aromatic heterocycles. The Balaban J connectivity index is 2.04. The van der Waals surface area contributed by atoms with Crippen LogP contribution in [0.15, 0.2) is 24.3 Å². The van der Waals surface area contributed by atoms with Crippen LogP contribution in [-0.2, 0) is 11.2 Å². The van der Waals surface area contributed by atoms with Gasteiger partial charge in [-0.3, -0.25) is 0 Å². The molecule has 0 heterocycles. The van der Waals surface area contributed by atoms with Crippen molar-refractivity contribution in [1.29, 1.82) is 0 Å². The molecule has 0 amide bonds. The van der Waals surface area contributed by atoms with Gasteiger partial charge in [-0.1, -0.05) is 31.2 Å². The van der Waals surface area contributed by atoms with Crippen molar-refractivity contribution in [2.75, 3.05) is 26.0 Å². The highest BCUT2D eigenvalue weighted by atomic mass is 32.2.